The van der Waals surface area contributed by atoms with Gasteiger partial charge in [0, 0.05) is 18.9 Å². The van der Waals surface area contributed by atoms with Crippen molar-refractivity contribution in [3.63, 3.8) is 0 Å². The van der Waals surface area contributed by atoms with Crippen molar-refractivity contribution in [2.75, 3.05) is 7.05 Å². The average molecular weight is 294 g/mol. The van der Waals surface area contributed by atoms with Gasteiger partial charge in [-0.05, 0) is 31.6 Å². The van der Waals surface area contributed by atoms with Crippen molar-refractivity contribution in [1.29, 1.82) is 0 Å². The molecule has 3 fully saturated rings. The molecular formula is C17H30N2O2. The second kappa shape index (κ2) is 4.95. The fourth-order valence-electron chi connectivity index (χ4n) is 4.97. The third kappa shape index (κ3) is 1.91. The Balaban J connectivity index is 2.06. The van der Waals surface area contributed by atoms with Gasteiger partial charge in [0.2, 0.25) is 5.91 Å². The topological polar surface area (TPSA) is 32.8 Å². The van der Waals surface area contributed by atoms with Crippen molar-refractivity contribution in [3.8, 4) is 0 Å². The molecule has 1 amide bonds. The number of hydrogen-bond donors (Lipinski definition) is 0. The lowest BCUT2D eigenvalue weighted by Crippen LogP contribution is -2.61. The smallest absolute Gasteiger partial charge is 0.244 e. The number of amides is 1. The Bertz CT molecular complexity index is 439. The average Bonchev–Trinajstić information content (AvgIpc) is 2.81. The van der Waals surface area contributed by atoms with Crippen LogP contribution in [0, 0.1) is 23.7 Å². The molecule has 4 nitrogen and oxygen atoms in total. The van der Waals surface area contributed by atoms with Crippen molar-refractivity contribution < 1.29 is 9.63 Å². The molecule has 0 N–H and O–H groups in total. The van der Waals surface area contributed by atoms with Crippen LogP contribution >= 0.6 is 0 Å². The third-order valence-electron chi connectivity index (χ3n) is 6.33. The molecule has 0 bridgehead atoms. The SMILES string of the molecule is CC1CCC(C(C)C)C2(C1)N(C)C(=O)[C@@H]1[C@@H](C)[C@@H](C)ON12. The molecule has 2 heterocycles. The van der Waals surface area contributed by atoms with Gasteiger partial charge in [-0.2, -0.15) is 5.06 Å². The van der Waals surface area contributed by atoms with Gasteiger partial charge in [0.1, 0.15) is 11.7 Å². The zero-order chi connectivity index (χ0) is 15.5. The summed E-state index contributed by atoms with van der Waals surface area (Å²) in [5.41, 5.74) is -0.230. The molecule has 0 radical (unpaired) electrons. The second-order valence-electron chi connectivity index (χ2n) is 7.95. The lowest BCUT2D eigenvalue weighted by Gasteiger charge is -2.52. The van der Waals surface area contributed by atoms with E-state index in [0.29, 0.717) is 17.8 Å². The van der Waals surface area contributed by atoms with E-state index >= 15 is 0 Å². The Morgan fingerprint density at radius 3 is 2.52 bits per heavy atom. The molecule has 3 aliphatic rings. The van der Waals surface area contributed by atoms with E-state index in [9.17, 15) is 4.79 Å². The number of rotatable bonds is 1. The standard InChI is InChI=1S/C17H30N2O2/c1-10(2)14-8-7-11(3)9-17(14)18(6)16(20)15-12(4)13(5)21-19(15)17/h10-15H,7-9H2,1-6H3/t11?,12-,13+,14?,15-,17?/m0/s1. The number of carbonyl (C=O) groups excluding carboxylic acids is 1. The first kappa shape index (κ1) is 15.3. The fourth-order valence-corrected chi connectivity index (χ4v) is 4.97. The van der Waals surface area contributed by atoms with E-state index in [0.717, 1.165) is 6.42 Å². The highest BCUT2D eigenvalue weighted by Gasteiger charge is 2.66. The highest BCUT2D eigenvalue weighted by Crippen LogP contribution is 2.53. The predicted octanol–water partition coefficient (Wildman–Crippen LogP) is 2.89. The van der Waals surface area contributed by atoms with Crippen LogP contribution in [0.25, 0.3) is 0 Å². The molecule has 3 rings (SSSR count). The summed E-state index contributed by atoms with van der Waals surface area (Å²) in [7, 11) is 1.99. The summed E-state index contributed by atoms with van der Waals surface area (Å²) >= 11 is 0. The van der Waals surface area contributed by atoms with E-state index in [2.05, 4.69) is 39.7 Å². The first-order chi connectivity index (χ1) is 9.80. The lowest BCUT2D eigenvalue weighted by molar-refractivity contribution is -0.261. The number of nitrogens with zero attached hydrogens (tertiary/aromatic N) is 2. The van der Waals surface area contributed by atoms with Gasteiger partial charge >= 0.3 is 0 Å². The summed E-state index contributed by atoms with van der Waals surface area (Å²) in [4.78, 5) is 21.2. The second-order valence-corrected chi connectivity index (χ2v) is 7.95. The summed E-state index contributed by atoms with van der Waals surface area (Å²) in [6.07, 6.45) is 3.62. The van der Waals surface area contributed by atoms with Crippen LogP contribution in [0.4, 0.5) is 0 Å². The Morgan fingerprint density at radius 2 is 1.90 bits per heavy atom. The molecule has 2 saturated heterocycles. The third-order valence-corrected chi connectivity index (χ3v) is 6.33. The van der Waals surface area contributed by atoms with E-state index in [1.807, 2.05) is 11.9 Å². The Hall–Kier alpha value is -0.610. The summed E-state index contributed by atoms with van der Waals surface area (Å²) in [6, 6.07) is -0.0865. The van der Waals surface area contributed by atoms with Gasteiger partial charge in [-0.1, -0.05) is 34.1 Å². The van der Waals surface area contributed by atoms with Gasteiger partial charge in [0.25, 0.3) is 0 Å². The van der Waals surface area contributed by atoms with Crippen LogP contribution in [0.1, 0.15) is 53.9 Å². The molecule has 2 aliphatic heterocycles. The first-order valence-electron chi connectivity index (χ1n) is 8.54. The largest absolute Gasteiger partial charge is 0.323 e. The van der Waals surface area contributed by atoms with E-state index < -0.39 is 0 Å². The summed E-state index contributed by atoms with van der Waals surface area (Å²) in [6.45, 7) is 11.1. The Morgan fingerprint density at radius 1 is 1.24 bits per heavy atom. The number of hydrogen-bond acceptors (Lipinski definition) is 3. The molecule has 0 aromatic carbocycles. The van der Waals surface area contributed by atoms with Crippen LogP contribution in [0.15, 0.2) is 0 Å². The number of hydroxylamine groups is 2. The molecule has 3 unspecified atom stereocenters. The number of likely N-dealkylation sites (N-methyl/N-ethyl adjacent to an activating group) is 1. The van der Waals surface area contributed by atoms with Crippen LogP contribution in [0.5, 0.6) is 0 Å². The number of carbonyl (C=O) groups is 1. The maximum atomic E-state index is 12.9. The molecule has 4 heteroatoms. The maximum Gasteiger partial charge on any atom is 0.244 e. The summed E-state index contributed by atoms with van der Waals surface area (Å²) in [5.74, 6) is 2.21. The molecule has 1 aliphatic carbocycles. The zero-order valence-electron chi connectivity index (χ0n) is 14.3. The monoisotopic (exact) mass is 294 g/mol. The molecule has 120 valence electrons. The van der Waals surface area contributed by atoms with E-state index in [-0.39, 0.29) is 29.6 Å². The van der Waals surface area contributed by atoms with E-state index in [4.69, 9.17) is 4.84 Å². The van der Waals surface area contributed by atoms with Crippen LogP contribution in [0.2, 0.25) is 0 Å². The van der Waals surface area contributed by atoms with Gasteiger partial charge in [-0.25, -0.2) is 0 Å². The fraction of sp³-hybridized carbons (Fsp3) is 0.941. The van der Waals surface area contributed by atoms with Gasteiger partial charge in [0.05, 0.1) is 6.10 Å². The van der Waals surface area contributed by atoms with E-state index in [1.165, 1.54) is 12.8 Å². The van der Waals surface area contributed by atoms with Gasteiger partial charge in [-0.3, -0.25) is 9.63 Å². The van der Waals surface area contributed by atoms with Crippen molar-refractivity contribution in [3.05, 3.63) is 0 Å². The zero-order valence-corrected chi connectivity index (χ0v) is 14.3. The normalized spacial score (nSPS) is 47.7. The minimum Gasteiger partial charge on any atom is -0.323 e. The molecular weight excluding hydrogens is 264 g/mol. The van der Waals surface area contributed by atoms with Crippen molar-refractivity contribution in [2.24, 2.45) is 23.7 Å². The molecule has 6 atom stereocenters. The highest BCUT2D eigenvalue weighted by molar-refractivity contribution is 5.85. The van der Waals surface area contributed by atoms with Gasteiger partial charge in [0.15, 0.2) is 0 Å². The van der Waals surface area contributed by atoms with Crippen molar-refractivity contribution in [2.45, 2.75) is 71.7 Å². The maximum absolute atomic E-state index is 12.9. The molecule has 0 aromatic rings. The Labute approximate surface area is 128 Å². The van der Waals surface area contributed by atoms with Gasteiger partial charge in [-0.15, -0.1) is 0 Å². The minimum atomic E-state index is -0.230. The molecule has 1 spiro atoms. The first-order valence-corrected chi connectivity index (χ1v) is 8.54. The minimum absolute atomic E-state index is 0.0865. The van der Waals surface area contributed by atoms with E-state index in [1.54, 1.807) is 0 Å². The van der Waals surface area contributed by atoms with Crippen LogP contribution in [-0.2, 0) is 9.63 Å². The molecule has 21 heavy (non-hydrogen) atoms. The van der Waals surface area contributed by atoms with Crippen LogP contribution in [0.3, 0.4) is 0 Å². The quantitative estimate of drug-likeness (QED) is 0.745. The van der Waals surface area contributed by atoms with Crippen LogP contribution < -0.4 is 0 Å². The number of fused-ring (bicyclic) bond motifs is 2. The summed E-state index contributed by atoms with van der Waals surface area (Å²) in [5, 5.41) is 2.12. The van der Waals surface area contributed by atoms with Crippen molar-refractivity contribution in [1.82, 2.24) is 9.96 Å². The van der Waals surface area contributed by atoms with Gasteiger partial charge < -0.3 is 4.90 Å². The molecule has 1 saturated carbocycles. The lowest BCUT2D eigenvalue weighted by atomic mass is 9.69. The Kier molecular flexibility index (Phi) is 3.61. The summed E-state index contributed by atoms with van der Waals surface area (Å²) < 4.78 is 0. The molecule has 0 aromatic heterocycles. The highest BCUT2D eigenvalue weighted by atomic mass is 16.7. The van der Waals surface area contributed by atoms with Crippen LogP contribution in [-0.4, -0.2) is 40.7 Å². The van der Waals surface area contributed by atoms with Crippen molar-refractivity contribution >= 4 is 5.91 Å². The predicted molar refractivity (Wildman–Crippen MR) is 82.2 cm³/mol.